The summed E-state index contributed by atoms with van der Waals surface area (Å²) in [6.07, 6.45) is 3.44. The molecule has 2 aromatic carbocycles. The molecule has 0 radical (unpaired) electrons. The van der Waals surface area contributed by atoms with Crippen LogP contribution >= 0.6 is 11.3 Å². The third kappa shape index (κ3) is 6.37. The van der Waals surface area contributed by atoms with E-state index in [1.54, 1.807) is 23.5 Å². The van der Waals surface area contributed by atoms with Gasteiger partial charge >= 0.3 is 0 Å². The standard InChI is InChI=1S/C31H39N5O3S/c1-20-19-40-30(33-20)27-12-8-14-36(27)31(39)23-16-22(17-24(18-23)35(2)3)29(38)34-26(15-21-9-5-4-6-10-21)28(37)25-11-7-13-32-25/h4-6,9-10,16-19,25-28,32,37H,7-8,11-15H2,1-3H3,(H,34,38)/t25-,26+,27-,28-/m1/s1. The van der Waals surface area contributed by atoms with Crippen LogP contribution in [-0.4, -0.2) is 72.2 Å². The molecule has 4 atom stereocenters. The van der Waals surface area contributed by atoms with E-state index in [0.29, 0.717) is 24.1 Å². The minimum absolute atomic E-state index is 0.0456. The number of rotatable bonds is 9. The Bertz CT molecular complexity index is 1320. The van der Waals surface area contributed by atoms with Gasteiger partial charge in [0.25, 0.3) is 11.8 Å². The predicted molar refractivity (Wildman–Crippen MR) is 159 cm³/mol. The van der Waals surface area contributed by atoms with Crippen LogP contribution in [0.1, 0.15) is 68.7 Å². The second-order valence-corrected chi connectivity index (χ2v) is 12.0. The average Bonchev–Trinajstić information content (AvgIpc) is 3.74. The molecule has 1 aromatic heterocycles. The summed E-state index contributed by atoms with van der Waals surface area (Å²) in [6.45, 7) is 3.50. The molecule has 212 valence electrons. The molecule has 8 nitrogen and oxygen atoms in total. The summed E-state index contributed by atoms with van der Waals surface area (Å²) in [5.74, 6) is -0.395. The molecule has 2 amide bonds. The van der Waals surface area contributed by atoms with E-state index >= 15 is 0 Å². The molecule has 0 bridgehead atoms. The number of aromatic nitrogens is 1. The minimum atomic E-state index is -0.739. The van der Waals surface area contributed by atoms with Gasteiger partial charge in [-0.3, -0.25) is 9.59 Å². The van der Waals surface area contributed by atoms with Crippen LogP contribution in [0, 0.1) is 6.92 Å². The number of nitrogens with zero attached hydrogens (tertiary/aromatic N) is 3. The average molecular weight is 562 g/mol. The molecule has 9 heteroatoms. The number of nitrogens with one attached hydrogen (secondary N) is 2. The number of thiazole rings is 1. The highest BCUT2D eigenvalue weighted by Crippen LogP contribution is 2.35. The van der Waals surface area contributed by atoms with E-state index in [4.69, 9.17) is 0 Å². The van der Waals surface area contributed by atoms with E-state index in [2.05, 4.69) is 15.6 Å². The SMILES string of the molecule is Cc1csc([C@H]2CCCN2C(=O)c2cc(C(=O)N[C@@H](Cc3ccccc3)[C@H](O)[C@H]3CCCN3)cc(N(C)C)c2)n1. The Hall–Kier alpha value is -3.27. The lowest BCUT2D eigenvalue weighted by atomic mass is 9.95. The van der Waals surface area contributed by atoms with Gasteiger partial charge in [-0.1, -0.05) is 30.3 Å². The predicted octanol–water partition coefficient (Wildman–Crippen LogP) is 3.95. The first-order valence-electron chi connectivity index (χ1n) is 14.1. The third-order valence-corrected chi connectivity index (χ3v) is 8.98. The van der Waals surface area contributed by atoms with Crippen LogP contribution in [0.5, 0.6) is 0 Å². The van der Waals surface area contributed by atoms with Gasteiger partial charge in [-0.15, -0.1) is 11.3 Å². The van der Waals surface area contributed by atoms with Crippen LogP contribution in [0.3, 0.4) is 0 Å². The van der Waals surface area contributed by atoms with Crippen LogP contribution in [0.2, 0.25) is 0 Å². The monoisotopic (exact) mass is 561 g/mol. The molecule has 2 aliphatic heterocycles. The lowest BCUT2D eigenvalue weighted by molar-refractivity contribution is 0.0733. The number of carbonyl (C=O) groups excluding carboxylic acids is 2. The highest BCUT2D eigenvalue weighted by molar-refractivity contribution is 7.09. The molecular formula is C31H39N5O3S. The summed E-state index contributed by atoms with van der Waals surface area (Å²) in [4.78, 5) is 36.0. The first-order chi connectivity index (χ1) is 19.3. The molecule has 2 aliphatic rings. The van der Waals surface area contributed by atoms with E-state index in [1.807, 2.05) is 72.6 Å². The maximum absolute atomic E-state index is 13.8. The second-order valence-electron chi connectivity index (χ2n) is 11.1. The lowest BCUT2D eigenvalue weighted by Crippen LogP contribution is -2.52. The number of aryl methyl sites for hydroxylation is 1. The van der Waals surface area contributed by atoms with Crippen molar-refractivity contribution in [3.63, 3.8) is 0 Å². The van der Waals surface area contributed by atoms with Crippen molar-refractivity contribution in [1.82, 2.24) is 20.5 Å². The van der Waals surface area contributed by atoms with E-state index in [-0.39, 0.29) is 23.9 Å². The molecule has 3 N–H and O–H groups in total. The van der Waals surface area contributed by atoms with Crippen LogP contribution < -0.4 is 15.5 Å². The van der Waals surface area contributed by atoms with E-state index < -0.39 is 12.1 Å². The number of aliphatic hydroxyl groups is 1. The van der Waals surface area contributed by atoms with E-state index in [9.17, 15) is 14.7 Å². The van der Waals surface area contributed by atoms with Crippen LogP contribution in [0.25, 0.3) is 0 Å². The van der Waals surface area contributed by atoms with Crippen LogP contribution in [-0.2, 0) is 6.42 Å². The topological polar surface area (TPSA) is 97.8 Å². The number of likely N-dealkylation sites (tertiary alicyclic amines) is 1. The summed E-state index contributed by atoms with van der Waals surface area (Å²) in [5, 5.41) is 20.8. The number of hydrogen-bond donors (Lipinski definition) is 3. The molecule has 3 heterocycles. The second kappa shape index (κ2) is 12.5. The fourth-order valence-corrected chi connectivity index (χ4v) is 6.68. The Morgan fingerprint density at radius 2 is 1.93 bits per heavy atom. The van der Waals surface area contributed by atoms with Crippen molar-refractivity contribution in [1.29, 1.82) is 0 Å². The largest absolute Gasteiger partial charge is 0.389 e. The van der Waals surface area contributed by atoms with Gasteiger partial charge in [0.05, 0.1) is 18.2 Å². The molecule has 2 fully saturated rings. The summed E-state index contributed by atoms with van der Waals surface area (Å²) in [7, 11) is 3.80. The van der Waals surface area contributed by atoms with Crippen molar-refractivity contribution in [3.8, 4) is 0 Å². The molecule has 0 aliphatic carbocycles. The Morgan fingerprint density at radius 3 is 2.60 bits per heavy atom. The number of aliphatic hydroxyl groups excluding tert-OH is 1. The van der Waals surface area contributed by atoms with Gasteiger partial charge in [-0.25, -0.2) is 4.98 Å². The Kier molecular flexibility index (Phi) is 8.83. The third-order valence-electron chi connectivity index (χ3n) is 7.92. The number of amides is 2. The highest BCUT2D eigenvalue weighted by atomic mass is 32.1. The van der Waals surface area contributed by atoms with Crippen LogP contribution in [0.15, 0.2) is 53.9 Å². The van der Waals surface area contributed by atoms with Crippen molar-refractivity contribution >= 4 is 28.8 Å². The van der Waals surface area contributed by atoms with Crippen LogP contribution in [0.4, 0.5) is 5.69 Å². The zero-order valence-corrected chi connectivity index (χ0v) is 24.3. The number of anilines is 1. The summed E-state index contributed by atoms with van der Waals surface area (Å²) < 4.78 is 0. The summed E-state index contributed by atoms with van der Waals surface area (Å²) in [5.41, 5.74) is 3.66. The van der Waals surface area contributed by atoms with Gasteiger partial charge in [-0.2, -0.15) is 0 Å². The maximum Gasteiger partial charge on any atom is 0.254 e. The zero-order valence-electron chi connectivity index (χ0n) is 23.5. The zero-order chi connectivity index (χ0) is 28.2. The van der Waals surface area contributed by atoms with Crippen molar-refractivity contribution in [2.75, 3.05) is 32.1 Å². The van der Waals surface area contributed by atoms with Crippen molar-refractivity contribution in [2.45, 2.75) is 63.3 Å². The normalized spacial score (nSPS) is 20.4. The first-order valence-corrected chi connectivity index (χ1v) is 15.0. The highest BCUT2D eigenvalue weighted by Gasteiger charge is 2.34. The molecule has 2 saturated heterocycles. The van der Waals surface area contributed by atoms with Gasteiger partial charge in [0.2, 0.25) is 0 Å². The summed E-state index contributed by atoms with van der Waals surface area (Å²) >= 11 is 1.59. The Labute approximate surface area is 240 Å². The molecule has 5 rings (SSSR count). The van der Waals surface area contributed by atoms with Gasteiger partial charge < -0.3 is 25.5 Å². The van der Waals surface area contributed by atoms with Crippen molar-refractivity contribution in [2.24, 2.45) is 0 Å². The maximum atomic E-state index is 13.8. The van der Waals surface area contributed by atoms with Gasteiger partial charge in [0, 0.05) is 54.6 Å². The molecular weight excluding hydrogens is 522 g/mol. The molecule has 3 aromatic rings. The fraction of sp³-hybridized carbons (Fsp3) is 0.452. The fourth-order valence-electron chi connectivity index (χ4n) is 5.74. The smallest absolute Gasteiger partial charge is 0.254 e. The van der Waals surface area contributed by atoms with E-state index in [1.165, 1.54) is 0 Å². The number of hydrogen-bond acceptors (Lipinski definition) is 7. The van der Waals surface area contributed by atoms with Gasteiger partial charge in [0.1, 0.15) is 5.01 Å². The van der Waals surface area contributed by atoms with E-state index in [0.717, 1.165) is 54.2 Å². The first kappa shape index (κ1) is 28.3. The van der Waals surface area contributed by atoms with Gasteiger partial charge in [0.15, 0.2) is 0 Å². The Morgan fingerprint density at radius 1 is 1.15 bits per heavy atom. The summed E-state index contributed by atoms with van der Waals surface area (Å²) in [6, 6.07) is 14.6. The van der Waals surface area contributed by atoms with Crippen molar-refractivity contribution in [3.05, 3.63) is 81.3 Å². The number of benzene rings is 2. The quantitative estimate of drug-likeness (QED) is 0.366. The number of carbonyl (C=O) groups is 2. The minimum Gasteiger partial charge on any atom is -0.389 e. The molecule has 0 saturated carbocycles. The molecule has 0 spiro atoms. The van der Waals surface area contributed by atoms with Crippen molar-refractivity contribution < 1.29 is 14.7 Å². The van der Waals surface area contributed by atoms with Gasteiger partial charge in [-0.05, 0) is 69.3 Å². The lowest BCUT2D eigenvalue weighted by Gasteiger charge is -2.29. The molecule has 40 heavy (non-hydrogen) atoms. The molecule has 0 unspecified atom stereocenters. The Balaban J connectivity index is 1.41.